The fraction of sp³-hybridized carbons (Fsp3) is 0. The Morgan fingerprint density at radius 3 is 3.00 bits per heavy atom. The maximum Gasteiger partial charge on any atom is 0.109 e. The van der Waals surface area contributed by atoms with E-state index in [1.54, 1.807) is 12.1 Å². The van der Waals surface area contributed by atoms with Gasteiger partial charge in [0.1, 0.15) is 5.82 Å². The molecule has 2 heterocycles. The van der Waals surface area contributed by atoms with E-state index in [1.807, 2.05) is 22.7 Å². The molecule has 12 heavy (non-hydrogen) atoms. The molecule has 3 heteroatoms. The number of nitriles is 1. The summed E-state index contributed by atoms with van der Waals surface area (Å²) in [6.45, 7) is 0. The molecule has 0 bridgehead atoms. The molecule has 0 aromatic carbocycles. The molecule has 0 amide bonds. The van der Waals surface area contributed by atoms with E-state index < -0.39 is 0 Å². The van der Waals surface area contributed by atoms with Crippen molar-refractivity contribution in [3.8, 4) is 6.07 Å². The van der Waals surface area contributed by atoms with Crippen molar-refractivity contribution in [1.29, 1.82) is 5.26 Å². The number of hydrogen-bond donors (Lipinski definition) is 1. The summed E-state index contributed by atoms with van der Waals surface area (Å²) in [7, 11) is 0. The minimum Gasteiger partial charge on any atom is -0.385 e. The highest BCUT2D eigenvalue weighted by Crippen LogP contribution is 2.13. The van der Waals surface area contributed by atoms with Gasteiger partial charge < -0.3 is 10.1 Å². The molecule has 0 atom stereocenters. The molecular weight excluding hydrogens is 150 g/mol. The lowest BCUT2D eigenvalue weighted by Crippen LogP contribution is -1.95. The summed E-state index contributed by atoms with van der Waals surface area (Å²) in [4.78, 5) is 0. The van der Waals surface area contributed by atoms with Crippen LogP contribution in [-0.2, 0) is 0 Å². The maximum atomic E-state index is 8.64. The van der Waals surface area contributed by atoms with Crippen molar-refractivity contribution < 1.29 is 0 Å². The smallest absolute Gasteiger partial charge is 0.109 e. The van der Waals surface area contributed by atoms with Gasteiger partial charge in [-0.25, -0.2) is 0 Å². The maximum absolute atomic E-state index is 8.64. The van der Waals surface area contributed by atoms with Crippen LogP contribution in [0, 0.1) is 11.3 Å². The zero-order valence-electron chi connectivity index (χ0n) is 6.36. The van der Waals surface area contributed by atoms with Crippen LogP contribution >= 0.6 is 0 Å². The number of nitrogen functional groups attached to an aromatic ring is 1. The molecule has 2 aromatic heterocycles. The van der Waals surface area contributed by atoms with Gasteiger partial charge in [0.15, 0.2) is 0 Å². The minimum atomic E-state index is 0.592. The number of anilines is 1. The van der Waals surface area contributed by atoms with Gasteiger partial charge in [0.05, 0.1) is 11.6 Å². The summed E-state index contributed by atoms with van der Waals surface area (Å²) in [5.74, 6) is 0.592. The number of nitrogens with two attached hydrogens (primary N) is 1. The molecule has 0 saturated carbocycles. The fourth-order valence-corrected chi connectivity index (χ4v) is 1.24. The Bertz CT molecular complexity index is 462. The highest BCUT2D eigenvalue weighted by atomic mass is 15.0. The van der Waals surface area contributed by atoms with E-state index in [1.165, 1.54) is 0 Å². The molecule has 58 valence electrons. The highest BCUT2D eigenvalue weighted by Gasteiger charge is 1.98. The van der Waals surface area contributed by atoms with Crippen molar-refractivity contribution in [3.05, 3.63) is 36.0 Å². The van der Waals surface area contributed by atoms with Crippen LogP contribution in [0.5, 0.6) is 0 Å². The van der Waals surface area contributed by atoms with E-state index in [2.05, 4.69) is 6.07 Å². The molecule has 0 saturated heterocycles. The van der Waals surface area contributed by atoms with E-state index in [-0.39, 0.29) is 0 Å². The average molecular weight is 157 g/mol. The van der Waals surface area contributed by atoms with Gasteiger partial charge in [0.25, 0.3) is 0 Å². The highest BCUT2D eigenvalue weighted by molar-refractivity contribution is 5.58. The van der Waals surface area contributed by atoms with Crippen molar-refractivity contribution in [2.24, 2.45) is 0 Å². The standard InChI is InChI=1S/C9H7N3/c10-6-7-4-8-2-1-3-12(8)9(11)5-7/h1-5H,11H2. The summed E-state index contributed by atoms with van der Waals surface area (Å²) < 4.78 is 1.83. The largest absolute Gasteiger partial charge is 0.385 e. The Labute approximate surface area is 69.6 Å². The lowest BCUT2D eigenvalue weighted by Gasteiger charge is -1.99. The number of rotatable bonds is 0. The Morgan fingerprint density at radius 1 is 1.42 bits per heavy atom. The molecule has 0 aliphatic carbocycles. The summed E-state index contributed by atoms with van der Waals surface area (Å²) in [6, 6.07) is 9.33. The zero-order chi connectivity index (χ0) is 8.55. The van der Waals surface area contributed by atoms with Gasteiger partial charge in [-0.2, -0.15) is 5.26 Å². The van der Waals surface area contributed by atoms with Crippen LogP contribution in [0.15, 0.2) is 30.5 Å². The average Bonchev–Trinajstić information content (AvgIpc) is 2.52. The summed E-state index contributed by atoms with van der Waals surface area (Å²) in [6.07, 6.45) is 1.87. The predicted octanol–water partition coefficient (Wildman–Crippen LogP) is 1.39. The number of nitrogens with zero attached hydrogens (tertiary/aromatic N) is 2. The predicted molar refractivity (Wildman–Crippen MR) is 46.5 cm³/mol. The number of hydrogen-bond acceptors (Lipinski definition) is 2. The first-order valence-electron chi connectivity index (χ1n) is 3.58. The van der Waals surface area contributed by atoms with Crippen LogP contribution in [0.4, 0.5) is 5.82 Å². The van der Waals surface area contributed by atoms with Crippen LogP contribution in [0.2, 0.25) is 0 Å². The van der Waals surface area contributed by atoms with Crippen LogP contribution in [0.1, 0.15) is 5.56 Å². The molecule has 2 aromatic rings. The molecule has 3 nitrogen and oxygen atoms in total. The van der Waals surface area contributed by atoms with Crippen molar-refractivity contribution in [1.82, 2.24) is 4.40 Å². The van der Waals surface area contributed by atoms with Gasteiger partial charge in [-0.3, -0.25) is 0 Å². The number of fused-ring (bicyclic) bond motifs is 1. The van der Waals surface area contributed by atoms with Gasteiger partial charge in [-0.1, -0.05) is 0 Å². The number of aromatic nitrogens is 1. The first kappa shape index (κ1) is 6.74. The first-order chi connectivity index (χ1) is 5.81. The van der Waals surface area contributed by atoms with Gasteiger partial charge in [-0.05, 0) is 24.3 Å². The Balaban J connectivity index is 2.86. The van der Waals surface area contributed by atoms with Crippen LogP contribution in [0.25, 0.3) is 5.52 Å². The third kappa shape index (κ3) is 0.823. The van der Waals surface area contributed by atoms with Crippen LogP contribution in [0.3, 0.4) is 0 Å². The molecule has 0 radical (unpaired) electrons. The molecule has 2 rings (SSSR count). The van der Waals surface area contributed by atoms with Crippen molar-refractivity contribution in [3.63, 3.8) is 0 Å². The third-order valence-corrected chi connectivity index (χ3v) is 1.79. The quantitative estimate of drug-likeness (QED) is 0.628. The molecule has 0 aliphatic heterocycles. The van der Waals surface area contributed by atoms with E-state index in [4.69, 9.17) is 11.0 Å². The second-order valence-corrected chi connectivity index (χ2v) is 2.58. The van der Waals surface area contributed by atoms with E-state index >= 15 is 0 Å². The normalized spacial score (nSPS) is 9.92. The second-order valence-electron chi connectivity index (χ2n) is 2.58. The Hall–Kier alpha value is -1.95. The number of pyridine rings is 1. The molecule has 0 aliphatic rings. The molecule has 0 unspecified atom stereocenters. The van der Waals surface area contributed by atoms with Crippen LogP contribution < -0.4 is 5.73 Å². The van der Waals surface area contributed by atoms with E-state index in [9.17, 15) is 0 Å². The van der Waals surface area contributed by atoms with Crippen molar-refractivity contribution in [2.45, 2.75) is 0 Å². The van der Waals surface area contributed by atoms with Crippen molar-refractivity contribution in [2.75, 3.05) is 5.73 Å². The fourth-order valence-electron chi connectivity index (χ4n) is 1.24. The lowest BCUT2D eigenvalue weighted by atomic mass is 10.2. The van der Waals surface area contributed by atoms with Gasteiger partial charge in [0.2, 0.25) is 0 Å². The van der Waals surface area contributed by atoms with E-state index in [0.717, 1.165) is 5.52 Å². The topological polar surface area (TPSA) is 54.2 Å². The minimum absolute atomic E-state index is 0.592. The second kappa shape index (κ2) is 2.28. The van der Waals surface area contributed by atoms with E-state index in [0.29, 0.717) is 11.4 Å². The SMILES string of the molecule is N#Cc1cc(N)n2cccc2c1. The molecule has 0 spiro atoms. The summed E-state index contributed by atoms with van der Waals surface area (Å²) in [5.41, 5.74) is 7.24. The van der Waals surface area contributed by atoms with Crippen LogP contribution in [-0.4, -0.2) is 4.40 Å². The molecule has 2 N–H and O–H groups in total. The van der Waals surface area contributed by atoms with Gasteiger partial charge in [0, 0.05) is 11.7 Å². The van der Waals surface area contributed by atoms with Gasteiger partial charge >= 0.3 is 0 Å². The van der Waals surface area contributed by atoms with Crippen molar-refractivity contribution >= 4 is 11.3 Å². The molecular formula is C9H7N3. The zero-order valence-corrected chi connectivity index (χ0v) is 6.36. The summed E-state index contributed by atoms with van der Waals surface area (Å²) >= 11 is 0. The lowest BCUT2D eigenvalue weighted by molar-refractivity contribution is 1.21. The monoisotopic (exact) mass is 157 g/mol. The third-order valence-electron chi connectivity index (χ3n) is 1.79. The van der Waals surface area contributed by atoms with Gasteiger partial charge in [-0.15, -0.1) is 0 Å². The first-order valence-corrected chi connectivity index (χ1v) is 3.58. The summed E-state index contributed by atoms with van der Waals surface area (Å²) in [5, 5.41) is 8.64. The molecule has 0 fully saturated rings. The Morgan fingerprint density at radius 2 is 2.25 bits per heavy atom. The Kier molecular flexibility index (Phi) is 1.28.